The summed E-state index contributed by atoms with van der Waals surface area (Å²) in [6, 6.07) is 31.4. The first-order valence-corrected chi connectivity index (χ1v) is 21.3. The quantitative estimate of drug-likeness (QED) is 0.135. The third-order valence-corrected chi connectivity index (χ3v) is 16.7. The lowest BCUT2D eigenvalue weighted by Gasteiger charge is -2.03. The van der Waals surface area contributed by atoms with E-state index in [9.17, 15) is 0 Å². The molecule has 9 aromatic rings. The highest BCUT2D eigenvalue weighted by Gasteiger charge is 2.16. The number of rotatable bonds is 8. The maximum Gasteiger partial charge on any atom is 0.0719 e. The summed E-state index contributed by atoms with van der Waals surface area (Å²) in [5, 5.41) is 2.83. The Balaban J connectivity index is 0.000000157. The number of halogens is 1. The molecule has 6 aromatic heterocycles. The highest BCUT2D eigenvalue weighted by atomic mass is 79.9. The number of hydrogen-bond donors (Lipinski definition) is 0. The standard InChI is InChI=1S/C26H26S3.C12H5BrS3/c1-2-3-4-5-6-7-10-18-13-15-19(16-14-18)22-17-23-25(28-22)26-24(29-23)20-11-8-9-12-21(20)27-26;13-9-5-8-11(16-9)12-10(15-8)6-3-1-2-4-7(6)14-12/h8-9,11-17H,2-7,10H2,1H3;1-5H. The first-order valence-electron chi connectivity index (χ1n) is 15.6. The number of hydrogen-bond acceptors (Lipinski definition) is 6. The molecule has 0 bridgehead atoms. The Kier molecular flexibility index (Phi) is 8.86. The Morgan fingerprint density at radius 1 is 0.489 bits per heavy atom. The highest BCUT2D eigenvalue weighted by Crippen LogP contribution is 2.49. The Morgan fingerprint density at radius 2 is 1.04 bits per heavy atom. The van der Waals surface area contributed by atoms with Gasteiger partial charge in [0.1, 0.15) is 0 Å². The Labute approximate surface area is 295 Å². The van der Waals surface area contributed by atoms with E-state index in [0.29, 0.717) is 0 Å². The number of unbranched alkanes of at least 4 members (excludes halogenated alkanes) is 5. The summed E-state index contributed by atoms with van der Waals surface area (Å²) < 4.78 is 15.6. The fourth-order valence-corrected chi connectivity index (χ4v) is 14.9. The Hall–Kier alpha value is -2.10. The first kappa shape index (κ1) is 30.2. The zero-order valence-electron chi connectivity index (χ0n) is 24.9. The van der Waals surface area contributed by atoms with Gasteiger partial charge in [-0.2, -0.15) is 0 Å². The molecule has 0 saturated carbocycles. The smallest absolute Gasteiger partial charge is 0.0719 e. The Bertz CT molecular complexity index is 2390. The van der Waals surface area contributed by atoms with Crippen molar-refractivity contribution in [1.82, 2.24) is 0 Å². The van der Waals surface area contributed by atoms with Crippen LogP contribution >= 0.6 is 84.0 Å². The maximum absolute atomic E-state index is 3.56. The molecule has 0 amide bonds. The van der Waals surface area contributed by atoms with Crippen LogP contribution in [-0.2, 0) is 6.42 Å². The van der Waals surface area contributed by atoms with Crippen molar-refractivity contribution in [2.75, 3.05) is 0 Å². The van der Waals surface area contributed by atoms with Gasteiger partial charge in [0, 0.05) is 34.4 Å². The zero-order valence-corrected chi connectivity index (χ0v) is 31.3. The lowest BCUT2D eigenvalue weighted by atomic mass is 10.0. The average molecular weight is 760 g/mol. The lowest BCUT2D eigenvalue weighted by molar-refractivity contribution is 0.607. The van der Waals surface area contributed by atoms with E-state index in [2.05, 4.69) is 108 Å². The number of aryl methyl sites for hydroxylation is 1. The molecule has 0 radical (unpaired) electrons. The summed E-state index contributed by atoms with van der Waals surface area (Å²) in [6.45, 7) is 2.28. The fraction of sp³-hybridized carbons (Fsp3) is 0.211. The summed E-state index contributed by atoms with van der Waals surface area (Å²) in [5.74, 6) is 0. The van der Waals surface area contributed by atoms with Crippen LogP contribution in [0.4, 0.5) is 0 Å². The molecule has 0 atom stereocenters. The predicted molar refractivity (Wildman–Crippen MR) is 215 cm³/mol. The van der Waals surface area contributed by atoms with Crippen LogP contribution in [0.2, 0.25) is 0 Å². The van der Waals surface area contributed by atoms with E-state index in [4.69, 9.17) is 0 Å². The summed E-state index contributed by atoms with van der Waals surface area (Å²) in [6.07, 6.45) is 9.42. The van der Waals surface area contributed by atoms with Crippen molar-refractivity contribution < 1.29 is 0 Å². The summed E-state index contributed by atoms with van der Waals surface area (Å²) >= 11 is 15.1. The molecule has 3 aromatic carbocycles. The number of thiophene rings is 6. The second kappa shape index (κ2) is 13.2. The maximum atomic E-state index is 3.56. The lowest BCUT2D eigenvalue weighted by Crippen LogP contribution is -1.86. The van der Waals surface area contributed by atoms with Crippen molar-refractivity contribution >= 4 is 142 Å². The largest absolute Gasteiger partial charge is 0.133 e. The second-order valence-corrected chi connectivity index (χ2v) is 19.2. The van der Waals surface area contributed by atoms with Crippen LogP contribution in [0.5, 0.6) is 0 Å². The molecule has 0 aliphatic heterocycles. The van der Waals surface area contributed by atoms with Gasteiger partial charge in [0.25, 0.3) is 0 Å². The topological polar surface area (TPSA) is 0 Å². The molecule has 0 nitrogen and oxygen atoms in total. The molecule has 0 N–H and O–H groups in total. The summed E-state index contributed by atoms with van der Waals surface area (Å²) in [5.41, 5.74) is 2.84. The Morgan fingerprint density at radius 3 is 1.71 bits per heavy atom. The first-order chi connectivity index (χ1) is 22.2. The van der Waals surface area contributed by atoms with Gasteiger partial charge in [-0.15, -0.1) is 68.0 Å². The molecule has 45 heavy (non-hydrogen) atoms. The van der Waals surface area contributed by atoms with Crippen LogP contribution in [-0.4, -0.2) is 0 Å². The molecule has 0 unspecified atom stereocenters. The van der Waals surface area contributed by atoms with E-state index in [0.717, 1.165) is 0 Å². The van der Waals surface area contributed by atoms with E-state index in [1.54, 1.807) is 0 Å². The van der Waals surface area contributed by atoms with Crippen LogP contribution in [0.15, 0.2) is 88.7 Å². The molecule has 0 aliphatic rings. The molecular formula is C38H31BrS6. The van der Waals surface area contributed by atoms with Gasteiger partial charge in [-0.05, 0) is 64.2 Å². The SMILES string of the molecule is Brc1cc2sc3c4ccccc4sc3c2s1.CCCCCCCCc1ccc(-c2cc3sc4c5ccccc5sc4c3s2)cc1. The van der Waals surface area contributed by atoms with Gasteiger partial charge in [0.05, 0.1) is 32.0 Å². The van der Waals surface area contributed by atoms with Crippen molar-refractivity contribution in [2.45, 2.75) is 51.9 Å². The minimum absolute atomic E-state index is 1.22. The average Bonchev–Trinajstić information content (AvgIpc) is 3.89. The van der Waals surface area contributed by atoms with Crippen molar-refractivity contribution in [3.8, 4) is 10.4 Å². The number of fused-ring (bicyclic) bond motifs is 10. The van der Waals surface area contributed by atoms with E-state index in [1.807, 2.05) is 68.0 Å². The minimum atomic E-state index is 1.22. The van der Waals surface area contributed by atoms with Gasteiger partial charge >= 0.3 is 0 Å². The molecule has 0 saturated heterocycles. The molecular weight excluding hydrogens is 729 g/mol. The van der Waals surface area contributed by atoms with Gasteiger partial charge in [-0.3, -0.25) is 0 Å². The van der Waals surface area contributed by atoms with E-state index in [1.165, 1.54) is 123 Å². The van der Waals surface area contributed by atoms with Crippen LogP contribution in [0.25, 0.3) is 68.2 Å². The third-order valence-electron chi connectivity index (χ3n) is 8.36. The van der Waals surface area contributed by atoms with Crippen LogP contribution in [0.1, 0.15) is 51.0 Å². The predicted octanol–water partition coefficient (Wildman–Crippen LogP) is 16.0. The highest BCUT2D eigenvalue weighted by molar-refractivity contribution is 9.11. The van der Waals surface area contributed by atoms with Gasteiger partial charge in [-0.25, -0.2) is 0 Å². The number of benzene rings is 3. The van der Waals surface area contributed by atoms with Gasteiger partial charge in [0.15, 0.2) is 0 Å². The van der Waals surface area contributed by atoms with Gasteiger partial charge in [0.2, 0.25) is 0 Å². The zero-order chi connectivity index (χ0) is 30.3. The van der Waals surface area contributed by atoms with Crippen LogP contribution in [0, 0.1) is 0 Å². The molecule has 0 spiro atoms. The van der Waals surface area contributed by atoms with E-state index in [-0.39, 0.29) is 0 Å². The van der Waals surface area contributed by atoms with Crippen LogP contribution in [0.3, 0.4) is 0 Å². The third kappa shape index (κ3) is 5.95. The summed E-state index contributed by atoms with van der Waals surface area (Å²) in [7, 11) is 0. The molecule has 9 rings (SSSR count). The van der Waals surface area contributed by atoms with Crippen molar-refractivity contribution in [1.29, 1.82) is 0 Å². The molecule has 226 valence electrons. The molecule has 0 fully saturated rings. The normalized spacial score (nSPS) is 12.0. The van der Waals surface area contributed by atoms with Crippen molar-refractivity contribution in [2.24, 2.45) is 0 Å². The molecule has 0 aliphatic carbocycles. The van der Waals surface area contributed by atoms with E-state index >= 15 is 0 Å². The minimum Gasteiger partial charge on any atom is -0.133 e. The fourth-order valence-electron chi connectivity index (χ4n) is 6.04. The summed E-state index contributed by atoms with van der Waals surface area (Å²) in [4.78, 5) is 1.40. The monoisotopic (exact) mass is 758 g/mol. The van der Waals surface area contributed by atoms with Gasteiger partial charge < -0.3 is 0 Å². The molecule has 7 heteroatoms. The van der Waals surface area contributed by atoms with E-state index < -0.39 is 0 Å². The molecule has 6 heterocycles. The van der Waals surface area contributed by atoms with Crippen molar-refractivity contribution in [3.05, 3.63) is 94.3 Å². The van der Waals surface area contributed by atoms with Gasteiger partial charge in [-0.1, -0.05) is 99.7 Å². The second-order valence-electron chi connectivity index (χ2n) is 11.5. The van der Waals surface area contributed by atoms with Crippen molar-refractivity contribution in [3.63, 3.8) is 0 Å². The van der Waals surface area contributed by atoms with Crippen LogP contribution < -0.4 is 0 Å².